The molecule has 6 heteroatoms. The summed E-state index contributed by atoms with van der Waals surface area (Å²) in [5.74, 6) is -1.12. The average molecular weight is 414 g/mol. The summed E-state index contributed by atoms with van der Waals surface area (Å²) in [4.78, 5) is 31.7. The van der Waals surface area contributed by atoms with Gasteiger partial charge in [0.05, 0.1) is 18.2 Å². The molecule has 1 aliphatic rings. The van der Waals surface area contributed by atoms with Gasteiger partial charge in [0.2, 0.25) is 0 Å². The third-order valence-electron chi connectivity index (χ3n) is 5.18. The van der Waals surface area contributed by atoms with Crippen LogP contribution in [0.25, 0.3) is 5.76 Å². The van der Waals surface area contributed by atoms with Crippen LogP contribution in [-0.4, -0.2) is 28.4 Å². The Kier molecular flexibility index (Phi) is 5.54. The molecule has 31 heavy (non-hydrogen) atoms. The van der Waals surface area contributed by atoms with Gasteiger partial charge in [-0.05, 0) is 49.7 Å². The first kappa shape index (κ1) is 20.3. The van der Waals surface area contributed by atoms with E-state index in [9.17, 15) is 14.7 Å². The first-order valence-corrected chi connectivity index (χ1v) is 10.0. The van der Waals surface area contributed by atoms with E-state index in [0.717, 1.165) is 5.56 Å². The van der Waals surface area contributed by atoms with E-state index < -0.39 is 17.7 Å². The Labute approximate surface area is 180 Å². The minimum atomic E-state index is -0.799. The molecule has 2 heterocycles. The summed E-state index contributed by atoms with van der Waals surface area (Å²) in [6.45, 7) is 4.28. The summed E-state index contributed by atoms with van der Waals surface area (Å²) < 4.78 is 5.51. The number of rotatable bonds is 5. The lowest BCUT2D eigenvalue weighted by molar-refractivity contribution is -0.132. The molecule has 6 nitrogen and oxygen atoms in total. The predicted octanol–water partition coefficient (Wildman–Crippen LogP) is 4.42. The Morgan fingerprint density at radius 3 is 2.55 bits per heavy atom. The highest BCUT2D eigenvalue weighted by Gasteiger charge is 2.47. The number of amides is 1. The van der Waals surface area contributed by atoms with Crippen LogP contribution in [0, 0.1) is 6.92 Å². The minimum Gasteiger partial charge on any atom is -0.507 e. The molecular weight excluding hydrogens is 392 g/mol. The van der Waals surface area contributed by atoms with Crippen molar-refractivity contribution in [2.75, 3.05) is 11.5 Å². The lowest BCUT2D eigenvalue weighted by Crippen LogP contribution is -2.29. The zero-order chi connectivity index (χ0) is 22.0. The number of nitrogens with zero attached hydrogens (tertiary/aromatic N) is 2. The molecule has 1 aliphatic heterocycles. The Hall–Kier alpha value is -3.93. The Bertz CT molecular complexity index is 1150. The number of carbonyl (C=O) groups excluding carboxylic acids is 2. The molecule has 2 aromatic carbocycles. The van der Waals surface area contributed by atoms with E-state index in [-0.39, 0.29) is 11.3 Å². The normalized spacial score (nSPS) is 17.7. The topological polar surface area (TPSA) is 79.7 Å². The molecule has 3 aromatic rings. The molecule has 1 fully saturated rings. The first-order valence-electron chi connectivity index (χ1n) is 10.0. The van der Waals surface area contributed by atoms with Crippen molar-refractivity contribution in [3.8, 4) is 5.75 Å². The number of anilines is 1. The highest BCUT2D eigenvalue weighted by atomic mass is 16.5. The fraction of sp³-hybridized carbons (Fsp3) is 0.160. The lowest BCUT2D eigenvalue weighted by atomic mass is 9.96. The zero-order valence-electron chi connectivity index (χ0n) is 17.3. The largest absolute Gasteiger partial charge is 0.507 e. The summed E-state index contributed by atoms with van der Waals surface area (Å²) in [6, 6.07) is 16.9. The van der Waals surface area contributed by atoms with Gasteiger partial charge in [0.25, 0.3) is 11.7 Å². The predicted molar refractivity (Wildman–Crippen MR) is 118 cm³/mol. The second-order valence-corrected chi connectivity index (χ2v) is 7.25. The van der Waals surface area contributed by atoms with Crippen molar-refractivity contribution in [1.29, 1.82) is 0 Å². The molecule has 0 aliphatic carbocycles. The van der Waals surface area contributed by atoms with Gasteiger partial charge < -0.3 is 9.84 Å². The maximum absolute atomic E-state index is 13.1. The molecule has 0 spiro atoms. The van der Waals surface area contributed by atoms with E-state index in [2.05, 4.69) is 4.98 Å². The summed E-state index contributed by atoms with van der Waals surface area (Å²) in [5, 5.41) is 11.1. The number of aliphatic hydroxyl groups is 1. The van der Waals surface area contributed by atoms with Gasteiger partial charge in [0.1, 0.15) is 11.5 Å². The van der Waals surface area contributed by atoms with Crippen molar-refractivity contribution in [1.82, 2.24) is 4.98 Å². The molecule has 1 aromatic heterocycles. The maximum Gasteiger partial charge on any atom is 0.300 e. The van der Waals surface area contributed by atoms with Gasteiger partial charge in [-0.15, -0.1) is 0 Å². The van der Waals surface area contributed by atoms with Gasteiger partial charge in [-0.3, -0.25) is 19.5 Å². The fourth-order valence-electron chi connectivity index (χ4n) is 3.71. The van der Waals surface area contributed by atoms with E-state index in [1.165, 1.54) is 4.90 Å². The van der Waals surface area contributed by atoms with E-state index in [4.69, 9.17) is 4.74 Å². The van der Waals surface area contributed by atoms with Crippen molar-refractivity contribution in [2.45, 2.75) is 19.9 Å². The maximum atomic E-state index is 13.1. The number of benzene rings is 2. The number of Topliss-reactive ketones (excluding diaryl/α,β-unsaturated/α-hetero) is 1. The minimum absolute atomic E-state index is 0.0206. The van der Waals surface area contributed by atoms with Crippen molar-refractivity contribution in [3.05, 3.63) is 95.3 Å². The number of pyridine rings is 1. The molecule has 1 saturated heterocycles. The van der Waals surface area contributed by atoms with Gasteiger partial charge in [-0.2, -0.15) is 0 Å². The smallest absolute Gasteiger partial charge is 0.300 e. The van der Waals surface area contributed by atoms with Gasteiger partial charge in [-0.25, -0.2) is 0 Å². The number of aryl methyl sites for hydroxylation is 1. The summed E-state index contributed by atoms with van der Waals surface area (Å²) in [6.07, 6.45) is 3.22. The number of ketones is 1. The van der Waals surface area contributed by atoms with Gasteiger partial charge in [-0.1, -0.05) is 35.9 Å². The zero-order valence-corrected chi connectivity index (χ0v) is 17.3. The molecule has 4 rings (SSSR count). The highest BCUT2D eigenvalue weighted by Crippen LogP contribution is 2.42. The second-order valence-electron chi connectivity index (χ2n) is 7.25. The third-order valence-corrected chi connectivity index (χ3v) is 5.18. The summed E-state index contributed by atoms with van der Waals surface area (Å²) >= 11 is 0. The van der Waals surface area contributed by atoms with Gasteiger partial charge in [0, 0.05) is 23.6 Å². The molecular formula is C25H22N2O4. The number of ether oxygens (including phenoxy) is 1. The molecule has 1 N–H and O–H groups in total. The number of carbonyl (C=O) groups is 2. The molecule has 1 unspecified atom stereocenters. The first-order chi connectivity index (χ1) is 15.0. The van der Waals surface area contributed by atoms with E-state index in [1.54, 1.807) is 60.9 Å². The van der Waals surface area contributed by atoms with Crippen LogP contribution in [-0.2, 0) is 9.59 Å². The average Bonchev–Trinajstić information content (AvgIpc) is 3.05. The Morgan fingerprint density at radius 2 is 1.87 bits per heavy atom. The third kappa shape index (κ3) is 3.80. The van der Waals surface area contributed by atoms with Crippen LogP contribution in [0.15, 0.2) is 78.6 Å². The van der Waals surface area contributed by atoms with Gasteiger partial charge in [0.15, 0.2) is 0 Å². The number of hydrogen-bond acceptors (Lipinski definition) is 5. The van der Waals surface area contributed by atoms with E-state index in [1.807, 2.05) is 26.0 Å². The van der Waals surface area contributed by atoms with Crippen LogP contribution in [0.5, 0.6) is 5.75 Å². The number of aliphatic hydroxyl groups excluding tert-OH is 1. The second kappa shape index (κ2) is 8.44. The number of aromatic nitrogens is 1. The van der Waals surface area contributed by atoms with Crippen molar-refractivity contribution < 1.29 is 19.4 Å². The van der Waals surface area contributed by atoms with E-state index in [0.29, 0.717) is 29.2 Å². The quantitative estimate of drug-likeness (QED) is 0.380. The monoisotopic (exact) mass is 414 g/mol. The van der Waals surface area contributed by atoms with Crippen LogP contribution >= 0.6 is 0 Å². The molecule has 1 atom stereocenters. The van der Waals surface area contributed by atoms with Crippen LogP contribution in [0.1, 0.15) is 29.7 Å². The van der Waals surface area contributed by atoms with Crippen LogP contribution in [0.4, 0.5) is 5.69 Å². The van der Waals surface area contributed by atoms with E-state index >= 15 is 0 Å². The van der Waals surface area contributed by atoms with Crippen molar-refractivity contribution >= 4 is 23.1 Å². The Balaban J connectivity index is 1.90. The molecule has 0 bridgehead atoms. The molecule has 156 valence electrons. The highest BCUT2D eigenvalue weighted by molar-refractivity contribution is 6.51. The summed E-state index contributed by atoms with van der Waals surface area (Å²) in [7, 11) is 0. The molecule has 0 saturated carbocycles. The van der Waals surface area contributed by atoms with Crippen molar-refractivity contribution in [2.24, 2.45) is 0 Å². The Morgan fingerprint density at radius 1 is 1.10 bits per heavy atom. The van der Waals surface area contributed by atoms with Crippen LogP contribution < -0.4 is 9.64 Å². The van der Waals surface area contributed by atoms with Crippen LogP contribution in [0.3, 0.4) is 0 Å². The van der Waals surface area contributed by atoms with Crippen LogP contribution in [0.2, 0.25) is 0 Å². The standard InChI is InChI=1S/C25H22N2O4/c1-3-31-20-8-4-6-17(14-20)23(28)21-22(18-7-5-13-26-15-18)27(25(30)24(21)29)19-11-9-16(2)10-12-19/h4-15,22,28H,3H2,1-2H3/b23-21-. The fourth-order valence-corrected chi connectivity index (χ4v) is 3.71. The number of hydrogen-bond donors (Lipinski definition) is 1. The SMILES string of the molecule is CCOc1cccc(/C(O)=C2/C(=O)C(=O)N(c3ccc(C)cc3)C2c2cccnc2)c1. The summed E-state index contributed by atoms with van der Waals surface area (Å²) in [5.41, 5.74) is 2.66. The van der Waals surface area contributed by atoms with Crippen molar-refractivity contribution in [3.63, 3.8) is 0 Å². The molecule has 0 radical (unpaired) electrons. The van der Waals surface area contributed by atoms with Gasteiger partial charge >= 0.3 is 0 Å². The lowest BCUT2D eigenvalue weighted by Gasteiger charge is -2.25. The molecule has 1 amide bonds.